The standard InChI is InChI=1S/C18H24N4O2/c1-12-4-5-13(2)16(10-12)24-15-6-8-22(9-7-15)18(23)11-17-19-14(3)20-21-17/h4-5,10,15H,6-9,11H2,1-3H3,(H,19,20,21). The molecule has 1 saturated heterocycles. The number of piperidine rings is 1. The lowest BCUT2D eigenvalue weighted by Crippen LogP contribution is -2.42. The fraction of sp³-hybridized carbons (Fsp3) is 0.500. The Morgan fingerprint density at radius 2 is 2.04 bits per heavy atom. The van der Waals surface area contributed by atoms with Crippen LogP contribution in [0.1, 0.15) is 35.6 Å². The van der Waals surface area contributed by atoms with Crippen molar-refractivity contribution >= 4 is 5.91 Å². The van der Waals surface area contributed by atoms with Crippen LogP contribution in [0.4, 0.5) is 0 Å². The summed E-state index contributed by atoms with van der Waals surface area (Å²) in [6, 6.07) is 6.26. The second-order valence-electron chi connectivity index (χ2n) is 6.48. The number of amides is 1. The highest BCUT2D eigenvalue weighted by atomic mass is 16.5. The molecule has 3 rings (SSSR count). The van der Waals surface area contributed by atoms with Gasteiger partial charge in [-0.05, 0) is 38.0 Å². The van der Waals surface area contributed by atoms with Crippen LogP contribution in [0.15, 0.2) is 18.2 Å². The zero-order valence-electron chi connectivity index (χ0n) is 14.5. The van der Waals surface area contributed by atoms with Crippen LogP contribution in [0.3, 0.4) is 0 Å². The molecule has 1 N–H and O–H groups in total. The molecule has 6 nitrogen and oxygen atoms in total. The minimum atomic E-state index is 0.0826. The van der Waals surface area contributed by atoms with Crippen LogP contribution in [0.25, 0.3) is 0 Å². The van der Waals surface area contributed by atoms with E-state index in [0.717, 1.165) is 43.1 Å². The third kappa shape index (κ3) is 3.93. The first-order valence-corrected chi connectivity index (χ1v) is 8.41. The lowest BCUT2D eigenvalue weighted by molar-refractivity contribution is -0.132. The first-order valence-electron chi connectivity index (χ1n) is 8.41. The maximum Gasteiger partial charge on any atom is 0.230 e. The van der Waals surface area contributed by atoms with E-state index in [9.17, 15) is 4.79 Å². The first kappa shape index (κ1) is 16.5. The molecular formula is C18H24N4O2. The molecule has 0 atom stereocenters. The Hall–Kier alpha value is -2.37. The van der Waals surface area contributed by atoms with Gasteiger partial charge in [0.05, 0.1) is 6.42 Å². The molecule has 2 heterocycles. The van der Waals surface area contributed by atoms with Crippen LogP contribution < -0.4 is 4.74 Å². The monoisotopic (exact) mass is 328 g/mol. The Balaban J connectivity index is 1.52. The van der Waals surface area contributed by atoms with Crippen molar-refractivity contribution < 1.29 is 9.53 Å². The molecule has 1 aromatic heterocycles. The number of likely N-dealkylation sites (tertiary alicyclic amines) is 1. The number of ether oxygens (including phenoxy) is 1. The molecule has 0 unspecified atom stereocenters. The van der Waals surface area contributed by atoms with Crippen LogP contribution in [0.5, 0.6) is 5.75 Å². The van der Waals surface area contributed by atoms with Gasteiger partial charge in [-0.25, -0.2) is 4.98 Å². The summed E-state index contributed by atoms with van der Waals surface area (Å²) in [6.07, 6.45) is 2.13. The topological polar surface area (TPSA) is 71.1 Å². The normalized spacial score (nSPS) is 15.5. The van der Waals surface area contributed by atoms with Crippen LogP contribution in [-0.2, 0) is 11.2 Å². The highest BCUT2D eigenvalue weighted by Crippen LogP contribution is 2.24. The van der Waals surface area contributed by atoms with Crippen LogP contribution in [0.2, 0.25) is 0 Å². The quantitative estimate of drug-likeness (QED) is 0.935. The number of nitrogens with zero attached hydrogens (tertiary/aromatic N) is 3. The molecule has 1 amide bonds. The van der Waals surface area contributed by atoms with E-state index in [1.807, 2.05) is 11.8 Å². The van der Waals surface area contributed by atoms with Gasteiger partial charge in [0.2, 0.25) is 5.91 Å². The Kier molecular flexibility index (Phi) is 4.83. The number of carbonyl (C=O) groups is 1. The smallest absolute Gasteiger partial charge is 0.230 e. The van der Waals surface area contributed by atoms with Gasteiger partial charge in [-0.1, -0.05) is 12.1 Å². The summed E-state index contributed by atoms with van der Waals surface area (Å²) in [5.74, 6) is 2.33. The number of aryl methyl sites for hydroxylation is 3. The molecule has 0 saturated carbocycles. The van der Waals surface area contributed by atoms with Crippen molar-refractivity contribution in [3.63, 3.8) is 0 Å². The summed E-state index contributed by atoms with van der Waals surface area (Å²) < 4.78 is 6.15. The molecule has 24 heavy (non-hydrogen) atoms. The first-order chi connectivity index (χ1) is 11.5. The largest absolute Gasteiger partial charge is 0.490 e. The van der Waals surface area contributed by atoms with E-state index in [-0.39, 0.29) is 18.4 Å². The van der Waals surface area contributed by atoms with Gasteiger partial charge in [0.25, 0.3) is 0 Å². The number of nitrogens with one attached hydrogen (secondary N) is 1. The van der Waals surface area contributed by atoms with E-state index in [0.29, 0.717) is 5.82 Å². The van der Waals surface area contributed by atoms with E-state index in [1.54, 1.807) is 0 Å². The summed E-state index contributed by atoms with van der Waals surface area (Å²) in [4.78, 5) is 18.4. The number of aromatic nitrogens is 3. The summed E-state index contributed by atoms with van der Waals surface area (Å²) >= 11 is 0. The summed E-state index contributed by atoms with van der Waals surface area (Å²) in [6.45, 7) is 7.40. The summed E-state index contributed by atoms with van der Waals surface area (Å²) in [5.41, 5.74) is 2.35. The Morgan fingerprint density at radius 1 is 1.29 bits per heavy atom. The zero-order valence-corrected chi connectivity index (χ0v) is 14.5. The minimum absolute atomic E-state index is 0.0826. The molecule has 1 aliphatic rings. The average molecular weight is 328 g/mol. The maximum atomic E-state index is 12.3. The molecule has 0 aliphatic carbocycles. The van der Waals surface area contributed by atoms with Crippen molar-refractivity contribution in [3.8, 4) is 5.75 Å². The lowest BCUT2D eigenvalue weighted by atomic mass is 10.1. The fourth-order valence-electron chi connectivity index (χ4n) is 2.95. The van der Waals surface area contributed by atoms with E-state index in [1.165, 1.54) is 5.56 Å². The van der Waals surface area contributed by atoms with Gasteiger partial charge in [0.15, 0.2) is 5.82 Å². The number of carbonyl (C=O) groups excluding carboxylic acids is 1. The van der Waals surface area contributed by atoms with Gasteiger partial charge in [-0.15, -0.1) is 0 Å². The number of hydrogen-bond acceptors (Lipinski definition) is 4. The molecule has 0 bridgehead atoms. The number of benzene rings is 1. The SMILES string of the molecule is Cc1ccc(C)c(OC2CCN(C(=O)Cc3n[nH]c(C)n3)CC2)c1. The molecule has 1 aromatic carbocycles. The van der Waals surface area contributed by atoms with Crippen molar-refractivity contribution in [1.82, 2.24) is 20.1 Å². The van der Waals surface area contributed by atoms with E-state index >= 15 is 0 Å². The number of aromatic amines is 1. The van der Waals surface area contributed by atoms with Crippen molar-refractivity contribution in [1.29, 1.82) is 0 Å². The zero-order chi connectivity index (χ0) is 17.1. The molecule has 128 valence electrons. The van der Waals surface area contributed by atoms with Gasteiger partial charge in [-0.3, -0.25) is 9.89 Å². The molecular weight excluding hydrogens is 304 g/mol. The van der Waals surface area contributed by atoms with Crippen molar-refractivity contribution in [2.75, 3.05) is 13.1 Å². The van der Waals surface area contributed by atoms with E-state index < -0.39 is 0 Å². The number of hydrogen-bond donors (Lipinski definition) is 1. The molecule has 2 aromatic rings. The lowest BCUT2D eigenvalue weighted by Gasteiger charge is -2.32. The average Bonchev–Trinajstić information content (AvgIpc) is 2.96. The fourth-order valence-corrected chi connectivity index (χ4v) is 2.95. The van der Waals surface area contributed by atoms with Gasteiger partial charge >= 0.3 is 0 Å². The molecule has 1 aliphatic heterocycles. The van der Waals surface area contributed by atoms with Gasteiger partial charge in [0.1, 0.15) is 17.7 Å². The number of rotatable bonds is 4. The van der Waals surface area contributed by atoms with Gasteiger partial charge in [0, 0.05) is 25.9 Å². The van der Waals surface area contributed by atoms with Crippen molar-refractivity contribution in [2.45, 2.75) is 46.1 Å². The molecule has 0 spiro atoms. The third-order valence-electron chi connectivity index (χ3n) is 4.38. The molecule has 1 fully saturated rings. The third-order valence-corrected chi connectivity index (χ3v) is 4.38. The van der Waals surface area contributed by atoms with Crippen LogP contribution >= 0.6 is 0 Å². The van der Waals surface area contributed by atoms with Gasteiger partial charge in [-0.2, -0.15) is 5.10 Å². The van der Waals surface area contributed by atoms with Crippen LogP contribution in [-0.4, -0.2) is 45.2 Å². The Morgan fingerprint density at radius 3 is 2.71 bits per heavy atom. The maximum absolute atomic E-state index is 12.3. The van der Waals surface area contributed by atoms with E-state index in [2.05, 4.69) is 47.2 Å². The van der Waals surface area contributed by atoms with Crippen LogP contribution in [0, 0.1) is 20.8 Å². The molecule has 6 heteroatoms. The highest BCUT2D eigenvalue weighted by Gasteiger charge is 2.25. The number of H-pyrrole nitrogens is 1. The van der Waals surface area contributed by atoms with Crippen molar-refractivity contribution in [2.24, 2.45) is 0 Å². The Bertz CT molecular complexity index is 718. The Labute approximate surface area is 142 Å². The van der Waals surface area contributed by atoms with Gasteiger partial charge < -0.3 is 9.64 Å². The molecule has 0 radical (unpaired) electrons. The summed E-state index contributed by atoms with van der Waals surface area (Å²) in [7, 11) is 0. The minimum Gasteiger partial charge on any atom is -0.490 e. The van der Waals surface area contributed by atoms with E-state index in [4.69, 9.17) is 4.74 Å². The second kappa shape index (κ2) is 7.03. The second-order valence-corrected chi connectivity index (χ2v) is 6.48. The van der Waals surface area contributed by atoms with Crippen molar-refractivity contribution in [3.05, 3.63) is 41.0 Å². The highest BCUT2D eigenvalue weighted by molar-refractivity contribution is 5.78. The summed E-state index contributed by atoms with van der Waals surface area (Å²) in [5, 5.41) is 6.80. The predicted octanol–water partition coefficient (Wildman–Crippen LogP) is 2.34. The predicted molar refractivity (Wildman–Crippen MR) is 91.0 cm³/mol.